The standard InChI is InChI=1S/C44H86NO8P/c1-3-5-7-9-11-13-15-17-19-20-21-23-25-27-29-31-33-35-37-44(47)53-42(41-52-54(48,49)51-39-38-45)40-50-43(46)36-34-32-30-28-26-24-22-18-16-14-12-10-8-6-4-2/h24,26,42H,3-23,25,27-41,45H2,1-2H3,(H,48,49)/b26-24+/t42-/m1/s1. The summed E-state index contributed by atoms with van der Waals surface area (Å²) in [7, 11) is -4.37. The molecule has 0 saturated heterocycles. The number of esters is 2. The third-order valence-corrected chi connectivity index (χ3v) is 10.9. The van der Waals surface area contributed by atoms with Crippen molar-refractivity contribution in [2.45, 2.75) is 232 Å². The van der Waals surface area contributed by atoms with E-state index in [4.69, 9.17) is 24.3 Å². The SMILES string of the molecule is CCCCCCCCCC/C=C/CCCCCC(=O)OC[C@H](COP(=O)(O)OCCN)OC(=O)CCCCCCCCCCCCCCCCCCCC. The lowest BCUT2D eigenvalue weighted by Gasteiger charge is -2.19. The van der Waals surface area contributed by atoms with E-state index in [1.165, 1.54) is 148 Å². The van der Waals surface area contributed by atoms with Crippen LogP contribution in [0.4, 0.5) is 0 Å². The lowest BCUT2D eigenvalue weighted by Crippen LogP contribution is -2.29. The van der Waals surface area contributed by atoms with Crippen molar-refractivity contribution in [2.24, 2.45) is 5.73 Å². The van der Waals surface area contributed by atoms with Crippen LogP contribution in [0.5, 0.6) is 0 Å². The van der Waals surface area contributed by atoms with Crippen molar-refractivity contribution >= 4 is 19.8 Å². The molecule has 0 aliphatic heterocycles. The van der Waals surface area contributed by atoms with Gasteiger partial charge in [0.25, 0.3) is 0 Å². The number of rotatable bonds is 43. The molecule has 0 aromatic heterocycles. The maximum atomic E-state index is 12.6. The fraction of sp³-hybridized carbons (Fsp3) is 0.909. The summed E-state index contributed by atoms with van der Waals surface area (Å²) in [5, 5.41) is 0. The molecule has 0 fully saturated rings. The lowest BCUT2D eigenvalue weighted by molar-refractivity contribution is -0.161. The van der Waals surface area contributed by atoms with Crippen molar-refractivity contribution in [3.63, 3.8) is 0 Å². The molecular weight excluding hydrogens is 701 g/mol. The predicted molar refractivity (Wildman–Crippen MR) is 224 cm³/mol. The maximum absolute atomic E-state index is 12.6. The second kappa shape index (κ2) is 41.4. The van der Waals surface area contributed by atoms with Gasteiger partial charge in [0.15, 0.2) is 6.10 Å². The van der Waals surface area contributed by atoms with Crippen molar-refractivity contribution in [3.05, 3.63) is 12.2 Å². The van der Waals surface area contributed by atoms with E-state index < -0.39 is 32.5 Å². The van der Waals surface area contributed by atoms with Gasteiger partial charge in [-0.25, -0.2) is 4.57 Å². The fourth-order valence-corrected chi connectivity index (χ4v) is 7.28. The van der Waals surface area contributed by atoms with Crippen LogP contribution in [0.1, 0.15) is 226 Å². The molecule has 0 radical (unpaired) electrons. The molecule has 0 spiro atoms. The molecule has 0 saturated carbocycles. The summed E-state index contributed by atoms with van der Waals surface area (Å²) < 4.78 is 32.8. The summed E-state index contributed by atoms with van der Waals surface area (Å²) >= 11 is 0. The van der Waals surface area contributed by atoms with Gasteiger partial charge in [-0.1, -0.05) is 187 Å². The first kappa shape index (κ1) is 52.8. The lowest BCUT2D eigenvalue weighted by atomic mass is 10.0. The Hall–Kier alpha value is -1.25. The Morgan fingerprint density at radius 1 is 0.537 bits per heavy atom. The van der Waals surface area contributed by atoms with E-state index in [0.29, 0.717) is 12.8 Å². The first-order valence-electron chi connectivity index (χ1n) is 22.7. The fourth-order valence-electron chi connectivity index (χ4n) is 6.51. The molecule has 54 heavy (non-hydrogen) atoms. The molecule has 0 heterocycles. The van der Waals surface area contributed by atoms with E-state index in [1.54, 1.807) is 0 Å². The highest BCUT2D eigenvalue weighted by atomic mass is 31.2. The van der Waals surface area contributed by atoms with Crippen LogP contribution >= 0.6 is 7.82 Å². The van der Waals surface area contributed by atoms with E-state index in [9.17, 15) is 19.0 Å². The quantitative estimate of drug-likeness (QED) is 0.0268. The number of carbonyl (C=O) groups is 2. The van der Waals surface area contributed by atoms with Crippen LogP contribution in [0, 0.1) is 0 Å². The highest BCUT2D eigenvalue weighted by molar-refractivity contribution is 7.47. The Balaban J connectivity index is 4.11. The van der Waals surface area contributed by atoms with E-state index in [0.717, 1.165) is 38.5 Å². The van der Waals surface area contributed by atoms with Crippen LogP contribution < -0.4 is 5.73 Å². The van der Waals surface area contributed by atoms with Crippen LogP contribution in [0.15, 0.2) is 12.2 Å². The minimum Gasteiger partial charge on any atom is -0.462 e. The second-order valence-electron chi connectivity index (χ2n) is 15.3. The molecule has 0 aromatic carbocycles. The molecule has 0 aliphatic rings. The molecule has 2 atom stereocenters. The molecule has 10 heteroatoms. The normalized spacial score (nSPS) is 13.3. The topological polar surface area (TPSA) is 134 Å². The van der Waals surface area contributed by atoms with Gasteiger partial charge in [0.1, 0.15) is 6.61 Å². The van der Waals surface area contributed by atoms with Crippen molar-refractivity contribution in [1.82, 2.24) is 0 Å². The van der Waals surface area contributed by atoms with Gasteiger partial charge >= 0.3 is 19.8 Å². The third kappa shape index (κ3) is 40.4. The van der Waals surface area contributed by atoms with Gasteiger partial charge in [0.2, 0.25) is 0 Å². The number of ether oxygens (including phenoxy) is 2. The van der Waals surface area contributed by atoms with Crippen LogP contribution in [-0.4, -0.2) is 49.3 Å². The minimum atomic E-state index is -4.37. The second-order valence-corrected chi connectivity index (χ2v) is 16.7. The van der Waals surface area contributed by atoms with Gasteiger partial charge < -0.3 is 20.1 Å². The Kier molecular flexibility index (Phi) is 40.4. The van der Waals surface area contributed by atoms with Gasteiger partial charge in [0, 0.05) is 19.4 Å². The van der Waals surface area contributed by atoms with Crippen LogP contribution in [0.25, 0.3) is 0 Å². The number of phosphoric ester groups is 1. The summed E-state index contributed by atoms with van der Waals surface area (Å²) in [5.41, 5.74) is 5.35. The highest BCUT2D eigenvalue weighted by Gasteiger charge is 2.26. The van der Waals surface area contributed by atoms with Gasteiger partial charge in [-0.3, -0.25) is 18.6 Å². The molecule has 0 amide bonds. The van der Waals surface area contributed by atoms with Gasteiger partial charge in [-0.15, -0.1) is 0 Å². The maximum Gasteiger partial charge on any atom is 0.472 e. The molecule has 0 aliphatic carbocycles. The van der Waals surface area contributed by atoms with Crippen molar-refractivity contribution in [1.29, 1.82) is 0 Å². The monoisotopic (exact) mass is 788 g/mol. The molecule has 0 bridgehead atoms. The first-order valence-corrected chi connectivity index (χ1v) is 24.2. The number of nitrogens with two attached hydrogens (primary N) is 1. The third-order valence-electron chi connectivity index (χ3n) is 9.90. The largest absolute Gasteiger partial charge is 0.472 e. The summed E-state index contributed by atoms with van der Waals surface area (Å²) in [6.45, 7) is 3.75. The number of allylic oxidation sites excluding steroid dienone is 2. The van der Waals surface area contributed by atoms with E-state index >= 15 is 0 Å². The smallest absolute Gasteiger partial charge is 0.462 e. The average Bonchev–Trinajstić information content (AvgIpc) is 3.16. The Morgan fingerprint density at radius 3 is 1.33 bits per heavy atom. The summed E-state index contributed by atoms with van der Waals surface area (Å²) in [6, 6.07) is 0. The van der Waals surface area contributed by atoms with Gasteiger partial charge in [-0.05, 0) is 38.5 Å². The molecule has 3 N–H and O–H groups in total. The zero-order valence-electron chi connectivity index (χ0n) is 35.2. The molecule has 9 nitrogen and oxygen atoms in total. The molecule has 0 aromatic rings. The predicted octanol–water partition coefficient (Wildman–Crippen LogP) is 13.0. The number of hydrogen-bond donors (Lipinski definition) is 2. The number of carbonyl (C=O) groups excluding carboxylic acids is 2. The van der Waals surface area contributed by atoms with E-state index in [-0.39, 0.29) is 32.6 Å². The average molecular weight is 788 g/mol. The zero-order valence-corrected chi connectivity index (χ0v) is 36.1. The molecular formula is C44H86NO8P. The Labute approximate surface area is 332 Å². The minimum absolute atomic E-state index is 0.0545. The van der Waals surface area contributed by atoms with Gasteiger partial charge in [0.05, 0.1) is 13.2 Å². The van der Waals surface area contributed by atoms with E-state index in [1.807, 2.05) is 0 Å². The van der Waals surface area contributed by atoms with Crippen LogP contribution in [0.3, 0.4) is 0 Å². The molecule has 320 valence electrons. The van der Waals surface area contributed by atoms with Crippen LogP contribution in [-0.2, 0) is 32.7 Å². The molecule has 1 unspecified atom stereocenters. The Bertz CT molecular complexity index is 902. The Morgan fingerprint density at radius 2 is 0.907 bits per heavy atom. The van der Waals surface area contributed by atoms with Gasteiger partial charge in [-0.2, -0.15) is 0 Å². The number of unbranched alkanes of at least 4 members (excludes halogenated alkanes) is 28. The number of phosphoric acid groups is 1. The zero-order chi connectivity index (χ0) is 39.6. The summed E-state index contributed by atoms with van der Waals surface area (Å²) in [6.07, 6.45) is 42.4. The first-order chi connectivity index (χ1) is 26.3. The van der Waals surface area contributed by atoms with Crippen molar-refractivity contribution in [2.75, 3.05) is 26.4 Å². The summed E-state index contributed by atoms with van der Waals surface area (Å²) in [4.78, 5) is 34.9. The highest BCUT2D eigenvalue weighted by Crippen LogP contribution is 2.43. The van der Waals surface area contributed by atoms with Crippen LogP contribution in [0.2, 0.25) is 0 Å². The molecule has 0 rings (SSSR count). The number of hydrogen-bond acceptors (Lipinski definition) is 8. The van der Waals surface area contributed by atoms with E-state index in [2.05, 4.69) is 26.0 Å². The van der Waals surface area contributed by atoms with Crippen molar-refractivity contribution in [3.8, 4) is 0 Å². The van der Waals surface area contributed by atoms with Crippen molar-refractivity contribution < 1.29 is 37.6 Å². The summed E-state index contributed by atoms with van der Waals surface area (Å²) in [5.74, 6) is -0.835.